The predicted molar refractivity (Wildman–Crippen MR) is 73.3 cm³/mol. The van der Waals surface area contributed by atoms with Gasteiger partial charge in [0.25, 0.3) is 0 Å². The summed E-state index contributed by atoms with van der Waals surface area (Å²) in [5.74, 6) is 0.172. The second-order valence-electron chi connectivity index (χ2n) is 6.08. The number of ether oxygens (including phenoxy) is 1. The first-order valence-electron chi connectivity index (χ1n) is 6.90. The monoisotopic (exact) mass is 256 g/mol. The van der Waals surface area contributed by atoms with E-state index >= 15 is 0 Å². The van der Waals surface area contributed by atoms with Crippen molar-refractivity contribution in [3.05, 3.63) is 0 Å². The molecular formula is C15H28O3. The highest BCUT2D eigenvalue weighted by atomic mass is 16.6. The molecule has 3 nitrogen and oxygen atoms in total. The minimum atomic E-state index is -0.420. The van der Waals surface area contributed by atoms with E-state index in [1.165, 1.54) is 0 Å². The third-order valence-corrected chi connectivity index (χ3v) is 3.07. The summed E-state index contributed by atoms with van der Waals surface area (Å²) in [5, 5.41) is 0. The van der Waals surface area contributed by atoms with Gasteiger partial charge < -0.3 is 4.74 Å². The molecule has 106 valence electrons. The van der Waals surface area contributed by atoms with E-state index < -0.39 is 5.60 Å². The lowest BCUT2D eigenvalue weighted by atomic mass is 9.93. The second-order valence-corrected chi connectivity index (χ2v) is 6.08. The molecule has 0 saturated heterocycles. The minimum Gasteiger partial charge on any atom is -0.460 e. The van der Waals surface area contributed by atoms with Crippen molar-refractivity contribution in [2.75, 3.05) is 0 Å². The zero-order valence-electron chi connectivity index (χ0n) is 12.7. The number of carbonyl (C=O) groups excluding carboxylic acids is 2. The van der Waals surface area contributed by atoms with Crippen LogP contribution in [0.1, 0.15) is 67.2 Å². The van der Waals surface area contributed by atoms with E-state index in [2.05, 4.69) is 0 Å². The van der Waals surface area contributed by atoms with Crippen LogP contribution in [0.5, 0.6) is 0 Å². The summed E-state index contributed by atoms with van der Waals surface area (Å²) >= 11 is 0. The molecule has 0 spiro atoms. The third-order valence-electron chi connectivity index (χ3n) is 3.07. The fourth-order valence-corrected chi connectivity index (χ4v) is 1.89. The Bertz CT molecular complexity index is 276. The van der Waals surface area contributed by atoms with E-state index in [9.17, 15) is 9.59 Å². The highest BCUT2D eigenvalue weighted by molar-refractivity contribution is 5.78. The van der Waals surface area contributed by atoms with E-state index in [0.717, 1.165) is 25.7 Å². The Morgan fingerprint density at radius 1 is 1.17 bits per heavy atom. The van der Waals surface area contributed by atoms with Crippen molar-refractivity contribution in [3.63, 3.8) is 0 Å². The molecule has 0 heterocycles. The Morgan fingerprint density at radius 2 is 1.72 bits per heavy atom. The number of hydrogen-bond donors (Lipinski definition) is 0. The number of hydrogen-bond acceptors (Lipinski definition) is 3. The van der Waals surface area contributed by atoms with Gasteiger partial charge in [-0.1, -0.05) is 20.3 Å². The fraction of sp³-hybridized carbons (Fsp3) is 0.867. The highest BCUT2D eigenvalue weighted by Crippen LogP contribution is 2.19. The second kappa shape index (κ2) is 7.55. The Labute approximate surface area is 111 Å². The van der Waals surface area contributed by atoms with Gasteiger partial charge in [0, 0.05) is 5.92 Å². The van der Waals surface area contributed by atoms with Crippen molar-refractivity contribution >= 4 is 11.8 Å². The van der Waals surface area contributed by atoms with Gasteiger partial charge in [-0.3, -0.25) is 9.59 Å². The Hall–Kier alpha value is -0.860. The number of carbonyl (C=O) groups is 2. The first-order valence-corrected chi connectivity index (χ1v) is 6.90. The number of Topliss-reactive ketones (excluding diaryl/α,β-unsaturated/α-hetero) is 1. The average molecular weight is 256 g/mol. The van der Waals surface area contributed by atoms with E-state index in [1.807, 2.05) is 34.6 Å². The van der Waals surface area contributed by atoms with E-state index in [0.29, 0.717) is 0 Å². The van der Waals surface area contributed by atoms with Gasteiger partial charge in [0.15, 0.2) is 0 Å². The van der Waals surface area contributed by atoms with Crippen LogP contribution < -0.4 is 0 Å². The van der Waals surface area contributed by atoms with Gasteiger partial charge in [-0.25, -0.2) is 0 Å². The smallest absolute Gasteiger partial charge is 0.309 e. The van der Waals surface area contributed by atoms with Crippen molar-refractivity contribution in [1.29, 1.82) is 0 Å². The zero-order chi connectivity index (χ0) is 14.3. The van der Waals surface area contributed by atoms with Crippen LogP contribution >= 0.6 is 0 Å². The minimum absolute atomic E-state index is 0.0892. The van der Waals surface area contributed by atoms with Crippen LogP contribution in [0, 0.1) is 11.8 Å². The molecule has 0 aromatic carbocycles. The van der Waals surface area contributed by atoms with Gasteiger partial charge >= 0.3 is 5.97 Å². The molecule has 0 bridgehead atoms. The van der Waals surface area contributed by atoms with Crippen molar-refractivity contribution in [2.24, 2.45) is 11.8 Å². The van der Waals surface area contributed by atoms with E-state index in [1.54, 1.807) is 6.92 Å². The normalized spacial score (nSPS) is 15.0. The molecule has 0 aliphatic heterocycles. The standard InChI is InChI=1S/C15H28O3/c1-7-13(12(3)16)10-8-9-11(2)14(17)18-15(4,5)6/h11,13H,7-10H2,1-6H3. The molecule has 2 unspecified atom stereocenters. The van der Waals surface area contributed by atoms with E-state index in [-0.39, 0.29) is 23.6 Å². The summed E-state index contributed by atoms with van der Waals surface area (Å²) < 4.78 is 5.32. The molecule has 18 heavy (non-hydrogen) atoms. The molecule has 0 fully saturated rings. The Balaban J connectivity index is 4.00. The topological polar surface area (TPSA) is 43.4 Å². The van der Waals surface area contributed by atoms with Gasteiger partial charge in [0.1, 0.15) is 11.4 Å². The highest BCUT2D eigenvalue weighted by Gasteiger charge is 2.21. The lowest BCUT2D eigenvalue weighted by Gasteiger charge is -2.22. The lowest BCUT2D eigenvalue weighted by Crippen LogP contribution is -2.27. The van der Waals surface area contributed by atoms with Crippen LogP contribution in [-0.4, -0.2) is 17.4 Å². The first-order chi connectivity index (χ1) is 8.17. The van der Waals surface area contributed by atoms with Crippen molar-refractivity contribution in [3.8, 4) is 0 Å². The van der Waals surface area contributed by atoms with Gasteiger partial charge in [-0.05, 0) is 47.0 Å². The van der Waals surface area contributed by atoms with Gasteiger partial charge in [-0.15, -0.1) is 0 Å². The average Bonchev–Trinajstić information content (AvgIpc) is 2.20. The molecule has 0 aliphatic rings. The summed E-state index contributed by atoms with van der Waals surface area (Å²) in [5.41, 5.74) is -0.420. The van der Waals surface area contributed by atoms with Gasteiger partial charge in [-0.2, -0.15) is 0 Å². The molecule has 0 aliphatic carbocycles. The molecule has 0 saturated carbocycles. The van der Waals surface area contributed by atoms with Crippen molar-refractivity contribution in [2.45, 2.75) is 72.8 Å². The van der Waals surface area contributed by atoms with Gasteiger partial charge in [0.05, 0.1) is 5.92 Å². The van der Waals surface area contributed by atoms with Crippen molar-refractivity contribution < 1.29 is 14.3 Å². The lowest BCUT2D eigenvalue weighted by molar-refractivity contribution is -0.159. The maximum Gasteiger partial charge on any atom is 0.309 e. The molecule has 2 atom stereocenters. The molecule has 0 N–H and O–H groups in total. The van der Waals surface area contributed by atoms with Crippen LogP contribution in [0.2, 0.25) is 0 Å². The van der Waals surface area contributed by atoms with Crippen LogP contribution in [0.25, 0.3) is 0 Å². The predicted octanol–water partition coefficient (Wildman–Crippen LogP) is 3.75. The largest absolute Gasteiger partial charge is 0.460 e. The first kappa shape index (κ1) is 17.1. The molecule has 0 amide bonds. The third kappa shape index (κ3) is 7.46. The van der Waals surface area contributed by atoms with Crippen LogP contribution in [0.15, 0.2) is 0 Å². The number of rotatable bonds is 7. The summed E-state index contributed by atoms with van der Waals surface area (Å²) in [6.07, 6.45) is 3.45. The Morgan fingerprint density at radius 3 is 2.11 bits per heavy atom. The quantitative estimate of drug-likeness (QED) is 0.651. The molecule has 0 radical (unpaired) electrons. The molecular weight excluding hydrogens is 228 g/mol. The zero-order valence-corrected chi connectivity index (χ0v) is 12.7. The van der Waals surface area contributed by atoms with Crippen LogP contribution in [0.3, 0.4) is 0 Å². The summed E-state index contributed by atoms with van der Waals surface area (Å²) in [4.78, 5) is 23.0. The SMILES string of the molecule is CCC(CCCC(C)C(=O)OC(C)(C)C)C(C)=O. The maximum atomic E-state index is 11.7. The number of ketones is 1. The number of esters is 1. The Kier molecular flexibility index (Phi) is 7.19. The molecule has 0 rings (SSSR count). The van der Waals surface area contributed by atoms with Gasteiger partial charge in [0.2, 0.25) is 0 Å². The molecule has 3 heteroatoms. The summed E-state index contributed by atoms with van der Waals surface area (Å²) in [6.45, 7) is 11.2. The van der Waals surface area contributed by atoms with E-state index in [4.69, 9.17) is 4.74 Å². The maximum absolute atomic E-state index is 11.7. The van der Waals surface area contributed by atoms with Crippen LogP contribution in [0.4, 0.5) is 0 Å². The summed E-state index contributed by atoms with van der Waals surface area (Å²) in [6, 6.07) is 0. The fourth-order valence-electron chi connectivity index (χ4n) is 1.89. The molecule has 0 aromatic rings. The molecule has 0 aromatic heterocycles. The van der Waals surface area contributed by atoms with Crippen molar-refractivity contribution in [1.82, 2.24) is 0 Å². The summed E-state index contributed by atoms with van der Waals surface area (Å²) in [7, 11) is 0. The van der Waals surface area contributed by atoms with Crippen LogP contribution in [-0.2, 0) is 14.3 Å².